The molecule has 0 unspecified atom stereocenters. The van der Waals surface area contributed by atoms with Crippen molar-refractivity contribution < 1.29 is 0 Å². The Bertz CT molecular complexity index is 765. The zero-order valence-corrected chi connectivity index (χ0v) is 13.5. The maximum atomic E-state index is 4.82. The SMILES string of the molecule is c1ccc(Nc2cc(-c3ccsc3)nc([C@H]3CCNC3)n2)cc1. The first-order chi connectivity index (χ1) is 11.4. The van der Waals surface area contributed by atoms with Crippen molar-refractivity contribution >= 4 is 22.8 Å². The molecule has 5 heteroatoms. The Morgan fingerprint density at radius 2 is 2.04 bits per heavy atom. The topological polar surface area (TPSA) is 49.8 Å². The van der Waals surface area contributed by atoms with Gasteiger partial charge < -0.3 is 10.6 Å². The van der Waals surface area contributed by atoms with E-state index in [1.807, 2.05) is 36.4 Å². The number of aromatic nitrogens is 2. The second kappa shape index (κ2) is 6.48. The van der Waals surface area contributed by atoms with Crippen LogP contribution in [0.3, 0.4) is 0 Å². The maximum Gasteiger partial charge on any atom is 0.135 e. The second-order valence-electron chi connectivity index (χ2n) is 5.69. The van der Waals surface area contributed by atoms with Gasteiger partial charge in [-0.2, -0.15) is 11.3 Å². The quantitative estimate of drug-likeness (QED) is 0.761. The number of nitrogens with one attached hydrogen (secondary N) is 2. The van der Waals surface area contributed by atoms with Crippen LogP contribution in [0.2, 0.25) is 0 Å². The van der Waals surface area contributed by atoms with Crippen LogP contribution in [0.1, 0.15) is 18.2 Å². The van der Waals surface area contributed by atoms with Crippen LogP contribution >= 0.6 is 11.3 Å². The van der Waals surface area contributed by atoms with Crippen molar-refractivity contribution in [1.29, 1.82) is 0 Å². The van der Waals surface area contributed by atoms with Gasteiger partial charge in [0.15, 0.2) is 0 Å². The highest BCUT2D eigenvalue weighted by atomic mass is 32.1. The van der Waals surface area contributed by atoms with Gasteiger partial charge in [0.1, 0.15) is 11.6 Å². The molecule has 4 rings (SSSR count). The summed E-state index contributed by atoms with van der Waals surface area (Å²) in [6.07, 6.45) is 1.10. The number of thiophene rings is 1. The third-order valence-electron chi connectivity index (χ3n) is 4.03. The van der Waals surface area contributed by atoms with Crippen molar-refractivity contribution in [1.82, 2.24) is 15.3 Å². The smallest absolute Gasteiger partial charge is 0.135 e. The van der Waals surface area contributed by atoms with Gasteiger partial charge in [-0.15, -0.1) is 0 Å². The second-order valence-corrected chi connectivity index (χ2v) is 6.47. The van der Waals surface area contributed by atoms with Gasteiger partial charge in [0.25, 0.3) is 0 Å². The molecule has 23 heavy (non-hydrogen) atoms. The molecular weight excluding hydrogens is 304 g/mol. The molecule has 0 saturated carbocycles. The van der Waals surface area contributed by atoms with Crippen LogP contribution in [-0.4, -0.2) is 23.1 Å². The van der Waals surface area contributed by atoms with Crippen LogP contribution in [0.15, 0.2) is 53.2 Å². The first-order valence-electron chi connectivity index (χ1n) is 7.83. The normalized spacial score (nSPS) is 17.3. The minimum atomic E-state index is 0.393. The molecule has 2 N–H and O–H groups in total. The molecule has 2 aromatic heterocycles. The van der Waals surface area contributed by atoms with Crippen LogP contribution in [-0.2, 0) is 0 Å². The molecule has 4 nitrogen and oxygen atoms in total. The van der Waals surface area contributed by atoms with Crippen molar-refractivity contribution in [2.75, 3.05) is 18.4 Å². The number of para-hydroxylation sites is 1. The van der Waals surface area contributed by atoms with Gasteiger partial charge in [-0.25, -0.2) is 9.97 Å². The molecular formula is C18H18N4S. The van der Waals surface area contributed by atoms with E-state index >= 15 is 0 Å². The first kappa shape index (κ1) is 14.4. The number of nitrogens with zero attached hydrogens (tertiary/aromatic N) is 2. The molecule has 0 spiro atoms. The Hall–Kier alpha value is -2.24. The molecule has 116 valence electrons. The van der Waals surface area contributed by atoms with Crippen LogP contribution in [0.25, 0.3) is 11.3 Å². The highest BCUT2D eigenvalue weighted by Crippen LogP contribution is 2.27. The highest BCUT2D eigenvalue weighted by molar-refractivity contribution is 7.08. The van der Waals surface area contributed by atoms with Gasteiger partial charge in [-0.1, -0.05) is 18.2 Å². The minimum Gasteiger partial charge on any atom is -0.340 e. The largest absolute Gasteiger partial charge is 0.340 e. The van der Waals surface area contributed by atoms with E-state index in [4.69, 9.17) is 9.97 Å². The third kappa shape index (κ3) is 3.25. The summed E-state index contributed by atoms with van der Waals surface area (Å²) in [5, 5.41) is 11.0. The summed E-state index contributed by atoms with van der Waals surface area (Å²) >= 11 is 1.69. The molecule has 0 bridgehead atoms. The molecule has 0 aliphatic carbocycles. The van der Waals surface area contributed by atoms with E-state index in [9.17, 15) is 0 Å². The summed E-state index contributed by atoms with van der Waals surface area (Å²) in [5.41, 5.74) is 3.18. The van der Waals surface area contributed by atoms with Crippen LogP contribution in [0.5, 0.6) is 0 Å². The predicted octanol–water partition coefficient (Wildman–Crippen LogP) is 4.03. The summed E-state index contributed by atoms with van der Waals surface area (Å²) in [5.74, 6) is 2.18. The number of anilines is 2. The average molecular weight is 322 g/mol. The Labute approximate surface area is 139 Å². The zero-order chi connectivity index (χ0) is 15.5. The predicted molar refractivity (Wildman–Crippen MR) is 95.3 cm³/mol. The molecule has 1 aliphatic heterocycles. The highest BCUT2D eigenvalue weighted by Gasteiger charge is 2.21. The van der Waals surface area contributed by atoms with Crippen molar-refractivity contribution in [3.8, 4) is 11.3 Å². The van der Waals surface area contributed by atoms with Crippen molar-refractivity contribution in [3.63, 3.8) is 0 Å². The Morgan fingerprint density at radius 1 is 1.13 bits per heavy atom. The lowest BCUT2D eigenvalue weighted by atomic mass is 10.1. The van der Waals surface area contributed by atoms with E-state index in [0.717, 1.165) is 48.1 Å². The third-order valence-corrected chi connectivity index (χ3v) is 4.72. The molecule has 0 radical (unpaired) electrons. The Balaban J connectivity index is 1.72. The summed E-state index contributed by atoms with van der Waals surface area (Å²) < 4.78 is 0. The van der Waals surface area contributed by atoms with E-state index in [0.29, 0.717) is 5.92 Å². The molecule has 3 heterocycles. The fraction of sp³-hybridized carbons (Fsp3) is 0.222. The van der Waals surface area contributed by atoms with Crippen molar-refractivity contribution in [2.45, 2.75) is 12.3 Å². The Morgan fingerprint density at radius 3 is 2.78 bits per heavy atom. The lowest BCUT2D eigenvalue weighted by molar-refractivity contribution is 0.704. The number of benzene rings is 1. The number of hydrogen-bond donors (Lipinski definition) is 2. The summed E-state index contributed by atoms with van der Waals surface area (Å²) in [4.78, 5) is 9.58. The Kier molecular flexibility index (Phi) is 4.05. The standard InChI is InChI=1S/C18H18N4S/c1-2-4-15(5-3-1)20-17-10-16(14-7-9-23-12-14)21-18(22-17)13-6-8-19-11-13/h1-5,7,9-10,12-13,19H,6,8,11H2,(H,20,21,22)/t13-/m0/s1. The van der Waals surface area contributed by atoms with Gasteiger partial charge >= 0.3 is 0 Å². The first-order valence-corrected chi connectivity index (χ1v) is 8.77. The van der Waals surface area contributed by atoms with Crippen LogP contribution in [0, 0.1) is 0 Å². The van der Waals surface area contributed by atoms with Crippen LogP contribution < -0.4 is 10.6 Å². The molecule has 1 aliphatic rings. The number of hydrogen-bond acceptors (Lipinski definition) is 5. The monoisotopic (exact) mass is 322 g/mol. The molecule has 1 fully saturated rings. The van der Waals surface area contributed by atoms with E-state index in [1.165, 1.54) is 0 Å². The van der Waals surface area contributed by atoms with E-state index in [1.54, 1.807) is 11.3 Å². The molecule has 0 amide bonds. The van der Waals surface area contributed by atoms with Gasteiger partial charge in [0, 0.05) is 35.2 Å². The van der Waals surface area contributed by atoms with Crippen molar-refractivity contribution in [2.24, 2.45) is 0 Å². The summed E-state index contributed by atoms with van der Waals surface area (Å²) in [6.45, 7) is 2.00. The van der Waals surface area contributed by atoms with E-state index < -0.39 is 0 Å². The fourth-order valence-electron chi connectivity index (χ4n) is 2.81. The molecule has 1 atom stereocenters. The lowest BCUT2D eigenvalue weighted by Gasteiger charge is -2.12. The minimum absolute atomic E-state index is 0.393. The van der Waals surface area contributed by atoms with Gasteiger partial charge in [-0.3, -0.25) is 0 Å². The van der Waals surface area contributed by atoms with Gasteiger partial charge in [0.2, 0.25) is 0 Å². The molecule has 1 saturated heterocycles. The van der Waals surface area contributed by atoms with Crippen molar-refractivity contribution in [3.05, 3.63) is 59.0 Å². The zero-order valence-electron chi connectivity index (χ0n) is 12.7. The van der Waals surface area contributed by atoms with Gasteiger partial charge in [-0.05, 0) is 36.5 Å². The van der Waals surface area contributed by atoms with E-state index in [2.05, 4.69) is 27.5 Å². The molecule has 3 aromatic rings. The fourth-order valence-corrected chi connectivity index (χ4v) is 3.46. The van der Waals surface area contributed by atoms with E-state index in [-0.39, 0.29) is 0 Å². The average Bonchev–Trinajstić information content (AvgIpc) is 3.29. The van der Waals surface area contributed by atoms with Crippen LogP contribution in [0.4, 0.5) is 11.5 Å². The number of rotatable bonds is 4. The summed E-state index contributed by atoms with van der Waals surface area (Å²) in [6, 6.07) is 14.3. The lowest BCUT2D eigenvalue weighted by Crippen LogP contribution is -2.11. The molecule has 1 aromatic carbocycles. The summed E-state index contributed by atoms with van der Waals surface area (Å²) in [7, 11) is 0. The maximum absolute atomic E-state index is 4.82. The van der Waals surface area contributed by atoms with Gasteiger partial charge in [0.05, 0.1) is 5.69 Å².